The smallest absolute Gasteiger partial charge is 0.326 e. The second-order valence-corrected chi connectivity index (χ2v) is 8.43. The molecule has 180 valence electrons. The van der Waals surface area contributed by atoms with Crippen molar-refractivity contribution in [2.45, 2.75) is 77.5 Å². The van der Waals surface area contributed by atoms with Crippen LogP contribution in [0.1, 0.15) is 53.4 Å². The lowest BCUT2D eigenvalue weighted by Gasteiger charge is -2.26. The summed E-state index contributed by atoms with van der Waals surface area (Å²) in [4.78, 5) is 49.2. The number of hydrogen-bond donors (Lipinski definition) is 7. The van der Waals surface area contributed by atoms with Crippen molar-refractivity contribution in [3.63, 3.8) is 0 Å². The van der Waals surface area contributed by atoms with Gasteiger partial charge in [0.2, 0.25) is 17.7 Å². The van der Waals surface area contributed by atoms with Crippen LogP contribution in [0.25, 0.3) is 0 Å². The summed E-state index contributed by atoms with van der Waals surface area (Å²) in [5.41, 5.74) is 11.4. The molecule has 0 heterocycles. The highest BCUT2D eigenvalue weighted by atomic mass is 32.1. The van der Waals surface area contributed by atoms with Crippen molar-refractivity contribution < 1.29 is 24.3 Å². The molecule has 0 aromatic carbocycles. The van der Waals surface area contributed by atoms with Crippen molar-refractivity contribution in [2.24, 2.45) is 23.3 Å². The van der Waals surface area contributed by atoms with Gasteiger partial charge in [0, 0.05) is 5.75 Å². The Bertz CT molecular complexity index is 605. The zero-order valence-electron chi connectivity index (χ0n) is 18.9. The lowest BCUT2D eigenvalue weighted by atomic mass is 9.99. The van der Waals surface area contributed by atoms with E-state index in [2.05, 4.69) is 28.6 Å². The summed E-state index contributed by atoms with van der Waals surface area (Å²) in [6.45, 7) is 7.58. The Hall–Kier alpha value is -1.85. The van der Waals surface area contributed by atoms with Crippen LogP contribution < -0.4 is 27.4 Å². The monoisotopic (exact) mass is 461 g/mol. The number of amides is 3. The Morgan fingerprint density at radius 1 is 0.935 bits per heavy atom. The van der Waals surface area contributed by atoms with E-state index in [4.69, 9.17) is 11.5 Å². The number of carboxylic acid groups (broad SMARTS) is 1. The fourth-order valence-corrected chi connectivity index (χ4v) is 2.99. The van der Waals surface area contributed by atoms with Gasteiger partial charge in [0.1, 0.15) is 18.1 Å². The lowest BCUT2D eigenvalue weighted by molar-refractivity contribution is -0.143. The van der Waals surface area contributed by atoms with Crippen molar-refractivity contribution in [3.05, 3.63) is 0 Å². The largest absolute Gasteiger partial charge is 0.480 e. The summed E-state index contributed by atoms with van der Waals surface area (Å²) in [5.74, 6) is -3.28. The summed E-state index contributed by atoms with van der Waals surface area (Å²) < 4.78 is 0. The number of carbonyl (C=O) groups excluding carboxylic acids is 3. The fraction of sp³-hybridized carbons (Fsp3) is 0.800. The molecule has 5 atom stereocenters. The first kappa shape index (κ1) is 29.1. The molecule has 0 radical (unpaired) electrons. The van der Waals surface area contributed by atoms with Crippen molar-refractivity contribution in [1.82, 2.24) is 16.0 Å². The van der Waals surface area contributed by atoms with Gasteiger partial charge >= 0.3 is 5.97 Å². The molecule has 3 amide bonds. The first-order chi connectivity index (χ1) is 14.5. The Morgan fingerprint density at radius 2 is 1.48 bits per heavy atom. The van der Waals surface area contributed by atoms with Crippen LogP contribution in [0, 0.1) is 11.8 Å². The third-order valence-electron chi connectivity index (χ3n) is 5.19. The van der Waals surface area contributed by atoms with Crippen molar-refractivity contribution >= 4 is 36.3 Å². The van der Waals surface area contributed by atoms with Crippen LogP contribution in [0.15, 0.2) is 0 Å². The number of thiol groups is 1. The van der Waals surface area contributed by atoms with Gasteiger partial charge in [0.15, 0.2) is 0 Å². The quantitative estimate of drug-likeness (QED) is 0.128. The van der Waals surface area contributed by atoms with E-state index in [0.29, 0.717) is 32.2 Å². The summed E-state index contributed by atoms with van der Waals surface area (Å²) in [5, 5.41) is 17.0. The first-order valence-electron chi connectivity index (χ1n) is 10.7. The van der Waals surface area contributed by atoms with E-state index >= 15 is 0 Å². The SMILES string of the molecule is CCC(C)C(NC(=O)C(CS)NC(=O)C(CCCCN)NC(=O)C(N)C(C)C)C(=O)O. The maximum atomic E-state index is 12.8. The number of nitrogens with two attached hydrogens (primary N) is 2. The zero-order chi connectivity index (χ0) is 24.1. The molecule has 0 rings (SSSR count). The molecular weight excluding hydrogens is 422 g/mol. The van der Waals surface area contributed by atoms with E-state index in [1.54, 1.807) is 20.8 Å². The predicted octanol–water partition coefficient (Wildman–Crippen LogP) is -0.386. The standard InChI is InChI=1S/C20H39N5O5S/c1-5-12(4)16(20(29)30)25-18(27)14(10-31)24-17(26)13(8-6-7-9-21)23-19(28)15(22)11(2)3/h11-16,31H,5-10,21-22H2,1-4H3,(H,23,28)(H,24,26)(H,25,27)(H,29,30). The van der Waals surface area contributed by atoms with E-state index in [0.717, 1.165) is 0 Å². The highest BCUT2D eigenvalue weighted by Gasteiger charge is 2.31. The molecule has 0 bridgehead atoms. The molecule has 0 aromatic rings. The van der Waals surface area contributed by atoms with Crippen LogP contribution in [-0.2, 0) is 19.2 Å². The molecule has 5 unspecified atom stereocenters. The molecule has 0 aliphatic carbocycles. The van der Waals surface area contributed by atoms with Crippen LogP contribution >= 0.6 is 12.6 Å². The van der Waals surface area contributed by atoms with Crippen molar-refractivity contribution in [3.8, 4) is 0 Å². The van der Waals surface area contributed by atoms with Gasteiger partial charge < -0.3 is 32.5 Å². The maximum Gasteiger partial charge on any atom is 0.326 e. The van der Waals surface area contributed by atoms with Gasteiger partial charge in [-0.1, -0.05) is 34.1 Å². The molecule has 0 aliphatic heterocycles. The van der Waals surface area contributed by atoms with Gasteiger partial charge in [-0.25, -0.2) is 4.79 Å². The number of nitrogens with one attached hydrogen (secondary N) is 3. The zero-order valence-corrected chi connectivity index (χ0v) is 19.8. The minimum atomic E-state index is -1.15. The molecule has 8 N–H and O–H groups in total. The summed E-state index contributed by atoms with van der Waals surface area (Å²) >= 11 is 4.12. The lowest BCUT2D eigenvalue weighted by Crippen LogP contribution is -2.58. The topological polar surface area (TPSA) is 177 Å². The highest BCUT2D eigenvalue weighted by molar-refractivity contribution is 7.80. The molecule has 0 saturated heterocycles. The Kier molecular flexibility index (Phi) is 14.1. The van der Waals surface area contributed by atoms with Crippen LogP contribution in [0.2, 0.25) is 0 Å². The minimum Gasteiger partial charge on any atom is -0.480 e. The van der Waals surface area contributed by atoms with Gasteiger partial charge in [-0.15, -0.1) is 0 Å². The number of carbonyl (C=O) groups is 4. The third kappa shape index (κ3) is 10.3. The summed E-state index contributed by atoms with van der Waals surface area (Å²) in [6, 6.07) is -3.82. The van der Waals surface area contributed by atoms with Gasteiger partial charge in [0.05, 0.1) is 6.04 Å². The number of unbranched alkanes of at least 4 members (excludes halogenated alkanes) is 1. The summed E-state index contributed by atoms with van der Waals surface area (Å²) in [6.07, 6.45) is 2.14. The van der Waals surface area contributed by atoms with Gasteiger partial charge in [-0.3, -0.25) is 14.4 Å². The molecule has 0 saturated carbocycles. The van der Waals surface area contributed by atoms with Crippen LogP contribution in [0.3, 0.4) is 0 Å². The van der Waals surface area contributed by atoms with E-state index in [1.165, 1.54) is 0 Å². The number of carboxylic acids is 1. The van der Waals surface area contributed by atoms with E-state index in [1.807, 2.05) is 6.92 Å². The molecular formula is C20H39N5O5S. The van der Waals surface area contributed by atoms with Gasteiger partial charge in [-0.05, 0) is 37.6 Å². The molecule has 10 nitrogen and oxygen atoms in total. The van der Waals surface area contributed by atoms with Crippen molar-refractivity contribution in [1.29, 1.82) is 0 Å². The van der Waals surface area contributed by atoms with Crippen LogP contribution in [0.5, 0.6) is 0 Å². The predicted molar refractivity (Wildman–Crippen MR) is 122 cm³/mol. The maximum absolute atomic E-state index is 12.8. The second-order valence-electron chi connectivity index (χ2n) is 8.07. The van der Waals surface area contributed by atoms with Crippen molar-refractivity contribution in [2.75, 3.05) is 12.3 Å². The first-order valence-corrected chi connectivity index (χ1v) is 11.3. The minimum absolute atomic E-state index is 0.0423. The molecule has 0 spiro atoms. The van der Waals surface area contributed by atoms with E-state index in [-0.39, 0.29) is 17.6 Å². The fourth-order valence-electron chi connectivity index (χ4n) is 2.74. The molecule has 0 aliphatic rings. The number of hydrogen-bond acceptors (Lipinski definition) is 7. The molecule has 0 aromatic heterocycles. The van der Waals surface area contributed by atoms with Gasteiger partial charge in [-0.2, -0.15) is 12.6 Å². The van der Waals surface area contributed by atoms with Gasteiger partial charge in [0.25, 0.3) is 0 Å². The highest BCUT2D eigenvalue weighted by Crippen LogP contribution is 2.09. The van der Waals surface area contributed by atoms with E-state index in [9.17, 15) is 24.3 Å². The third-order valence-corrected chi connectivity index (χ3v) is 5.56. The molecule has 11 heteroatoms. The average molecular weight is 462 g/mol. The normalized spacial score (nSPS) is 16.0. The number of rotatable bonds is 15. The van der Waals surface area contributed by atoms with Crippen LogP contribution in [-0.4, -0.2) is 65.3 Å². The molecule has 31 heavy (non-hydrogen) atoms. The Morgan fingerprint density at radius 3 is 1.94 bits per heavy atom. The van der Waals surface area contributed by atoms with E-state index < -0.39 is 47.9 Å². The second kappa shape index (κ2) is 15.0. The van der Waals surface area contributed by atoms with Crippen LogP contribution in [0.4, 0.5) is 0 Å². The Balaban J connectivity index is 5.28. The number of aliphatic carboxylic acids is 1. The Labute approximate surface area is 190 Å². The molecule has 0 fully saturated rings. The summed E-state index contributed by atoms with van der Waals surface area (Å²) in [7, 11) is 0. The average Bonchev–Trinajstić information content (AvgIpc) is 2.73.